The highest BCUT2D eigenvalue weighted by Crippen LogP contribution is 2.22. The van der Waals surface area contributed by atoms with Gasteiger partial charge in [-0.2, -0.15) is 0 Å². The molecule has 0 aliphatic rings. The molecule has 2 rings (SSSR count). The Morgan fingerprint density at radius 2 is 1.95 bits per heavy atom. The van der Waals surface area contributed by atoms with E-state index in [1.165, 1.54) is 11.6 Å². The van der Waals surface area contributed by atoms with Gasteiger partial charge in [-0.3, -0.25) is 0 Å². The van der Waals surface area contributed by atoms with Crippen molar-refractivity contribution in [2.24, 2.45) is 0 Å². The number of pyridine rings is 1. The van der Waals surface area contributed by atoms with Crippen molar-refractivity contribution in [3.63, 3.8) is 0 Å². The van der Waals surface area contributed by atoms with Crippen LogP contribution in [0.1, 0.15) is 31.9 Å². The third-order valence-corrected chi connectivity index (χ3v) is 3.59. The second-order valence-corrected chi connectivity index (χ2v) is 6.69. The van der Waals surface area contributed by atoms with Gasteiger partial charge in [-0.1, -0.05) is 42.8 Å². The minimum Gasteiger partial charge on any atom is -0.366 e. The largest absolute Gasteiger partial charge is 0.366 e. The highest BCUT2D eigenvalue weighted by Gasteiger charge is 2.13. The molecule has 0 saturated heterocycles. The fraction of sp³-hybridized carbons (Fsp3) is 0.312. The summed E-state index contributed by atoms with van der Waals surface area (Å²) in [5.74, 6) is 0.532. The van der Waals surface area contributed by atoms with Crippen LogP contribution < -0.4 is 5.32 Å². The first-order valence-electron chi connectivity index (χ1n) is 6.50. The average Bonchev–Trinajstić information content (AvgIpc) is 2.39. The molecule has 0 saturated carbocycles. The van der Waals surface area contributed by atoms with Gasteiger partial charge >= 0.3 is 0 Å². The second-order valence-electron chi connectivity index (χ2n) is 5.77. The number of aromatic nitrogens is 1. The van der Waals surface area contributed by atoms with E-state index in [2.05, 4.69) is 47.0 Å². The maximum absolute atomic E-state index is 13.6. The van der Waals surface area contributed by atoms with Crippen molar-refractivity contribution in [1.29, 1.82) is 0 Å². The van der Waals surface area contributed by atoms with E-state index < -0.39 is 0 Å². The Morgan fingerprint density at radius 3 is 2.55 bits per heavy atom. The molecule has 0 fully saturated rings. The van der Waals surface area contributed by atoms with Crippen LogP contribution in [0.15, 0.2) is 41.0 Å². The highest BCUT2D eigenvalue weighted by atomic mass is 79.9. The summed E-state index contributed by atoms with van der Waals surface area (Å²) in [6.45, 7) is 6.85. The van der Waals surface area contributed by atoms with Crippen LogP contribution in [-0.4, -0.2) is 4.98 Å². The smallest absolute Gasteiger partial charge is 0.128 e. The van der Waals surface area contributed by atoms with Crippen LogP contribution in [0, 0.1) is 5.82 Å². The lowest BCUT2D eigenvalue weighted by molar-refractivity contribution is 0.587. The van der Waals surface area contributed by atoms with Crippen molar-refractivity contribution in [2.45, 2.75) is 32.7 Å². The van der Waals surface area contributed by atoms with Gasteiger partial charge in [0, 0.05) is 22.8 Å². The van der Waals surface area contributed by atoms with E-state index in [4.69, 9.17) is 0 Å². The summed E-state index contributed by atoms with van der Waals surface area (Å²) < 4.78 is 14.5. The van der Waals surface area contributed by atoms with Crippen molar-refractivity contribution in [3.8, 4) is 0 Å². The van der Waals surface area contributed by atoms with E-state index in [1.807, 2.05) is 18.3 Å². The van der Waals surface area contributed by atoms with E-state index in [9.17, 15) is 4.39 Å². The van der Waals surface area contributed by atoms with Crippen molar-refractivity contribution in [3.05, 3.63) is 57.9 Å². The summed E-state index contributed by atoms with van der Waals surface area (Å²) in [5.41, 5.74) is 1.87. The monoisotopic (exact) mass is 336 g/mol. The van der Waals surface area contributed by atoms with Gasteiger partial charge in [0.2, 0.25) is 0 Å². The predicted octanol–water partition coefficient (Wildman–Crippen LogP) is 4.89. The van der Waals surface area contributed by atoms with Crippen LogP contribution in [0.5, 0.6) is 0 Å². The Bertz CT molecular complexity index is 588. The Hall–Kier alpha value is -1.42. The van der Waals surface area contributed by atoms with Crippen LogP contribution in [0.4, 0.5) is 10.2 Å². The molecule has 2 nitrogen and oxygen atoms in total. The number of anilines is 1. The highest BCUT2D eigenvalue weighted by molar-refractivity contribution is 9.10. The molecule has 0 aliphatic heterocycles. The number of halogens is 2. The van der Waals surface area contributed by atoms with Crippen LogP contribution in [-0.2, 0) is 12.0 Å². The molecule has 0 bridgehead atoms. The molecule has 2 aromatic rings. The fourth-order valence-electron chi connectivity index (χ4n) is 1.81. The Labute approximate surface area is 127 Å². The van der Waals surface area contributed by atoms with E-state index in [0.717, 1.165) is 10.3 Å². The number of nitrogens with one attached hydrogen (secondary N) is 1. The van der Waals surface area contributed by atoms with Gasteiger partial charge in [0.25, 0.3) is 0 Å². The van der Waals surface area contributed by atoms with Crippen molar-refractivity contribution < 1.29 is 4.39 Å². The molecule has 0 radical (unpaired) electrons. The van der Waals surface area contributed by atoms with Crippen LogP contribution >= 0.6 is 15.9 Å². The third-order valence-electron chi connectivity index (χ3n) is 3.10. The van der Waals surface area contributed by atoms with Gasteiger partial charge in [-0.25, -0.2) is 9.37 Å². The van der Waals surface area contributed by atoms with Crippen molar-refractivity contribution in [1.82, 2.24) is 4.98 Å². The number of benzene rings is 1. The minimum absolute atomic E-state index is 0.0853. The maximum atomic E-state index is 13.6. The zero-order valence-corrected chi connectivity index (χ0v) is 13.5. The van der Waals surface area contributed by atoms with Gasteiger partial charge in [0.15, 0.2) is 0 Å². The molecule has 1 aromatic heterocycles. The molecule has 106 valence electrons. The first-order valence-corrected chi connectivity index (χ1v) is 7.30. The SMILES string of the molecule is CC(C)(C)c1ccc(NCc2cc(Br)ccc2F)nc1. The topological polar surface area (TPSA) is 24.9 Å². The number of hydrogen-bond donors (Lipinski definition) is 1. The minimum atomic E-state index is -0.216. The third kappa shape index (κ3) is 3.79. The molecule has 0 amide bonds. The fourth-order valence-corrected chi connectivity index (χ4v) is 2.22. The Morgan fingerprint density at radius 1 is 1.20 bits per heavy atom. The molecule has 1 N–H and O–H groups in total. The molecular weight excluding hydrogens is 319 g/mol. The molecule has 0 aliphatic carbocycles. The van der Waals surface area contributed by atoms with Crippen LogP contribution in [0.2, 0.25) is 0 Å². The second kappa shape index (κ2) is 5.92. The number of rotatable bonds is 3. The van der Waals surface area contributed by atoms with Gasteiger partial charge in [0.05, 0.1) is 0 Å². The molecule has 0 spiro atoms. The Balaban J connectivity index is 2.06. The first-order chi connectivity index (χ1) is 9.36. The summed E-state index contributed by atoms with van der Waals surface area (Å²) >= 11 is 3.34. The lowest BCUT2D eigenvalue weighted by atomic mass is 9.88. The lowest BCUT2D eigenvalue weighted by Gasteiger charge is -2.18. The summed E-state index contributed by atoms with van der Waals surface area (Å²) in [7, 11) is 0. The molecule has 20 heavy (non-hydrogen) atoms. The van der Waals surface area contributed by atoms with Gasteiger partial charge < -0.3 is 5.32 Å². The molecule has 4 heteroatoms. The molecule has 0 atom stereocenters. The average molecular weight is 337 g/mol. The van der Waals surface area contributed by atoms with Crippen molar-refractivity contribution >= 4 is 21.7 Å². The first kappa shape index (κ1) is 15.0. The van der Waals surface area contributed by atoms with Gasteiger partial charge in [0.1, 0.15) is 11.6 Å². The number of hydrogen-bond acceptors (Lipinski definition) is 2. The lowest BCUT2D eigenvalue weighted by Crippen LogP contribution is -2.12. The zero-order chi connectivity index (χ0) is 14.8. The van der Waals surface area contributed by atoms with Crippen LogP contribution in [0.25, 0.3) is 0 Å². The quantitative estimate of drug-likeness (QED) is 0.862. The Kier molecular flexibility index (Phi) is 4.43. The molecule has 0 unspecified atom stereocenters. The molecule has 1 heterocycles. The summed E-state index contributed by atoms with van der Waals surface area (Å²) in [5, 5.41) is 3.14. The van der Waals surface area contributed by atoms with Gasteiger partial charge in [-0.15, -0.1) is 0 Å². The van der Waals surface area contributed by atoms with E-state index in [1.54, 1.807) is 12.1 Å². The van der Waals surface area contributed by atoms with E-state index in [0.29, 0.717) is 12.1 Å². The van der Waals surface area contributed by atoms with Crippen LogP contribution in [0.3, 0.4) is 0 Å². The predicted molar refractivity (Wildman–Crippen MR) is 84.4 cm³/mol. The van der Waals surface area contributed by atoms with E-state index in [-0.39, 0.29) is 11.2 Å². The van der Waals surface area contributed by atoms with E-state index >= 15 is 0 Å². The maximum Gasteiger partial charge on any atom is 0.128 e. The normalized spacial score (nSPS) is 11.4. The standard InChI is InChI=1S/C16H18BrFN2/c1-16(2,3)12-4-7-15(20-10-12)19-9-11-8-13(17)5-6-14(11)18/h4-8,10H,9H2,1-3H3,(H,19,20). The molecule has 1 aromatic carbocycles. The summed E-state index contributed by atoms with van der Waals surface area (Å²) in [6, 6.07) is 8.89. The van der Waals surface area contributed by atoms with Crippen molar-refractivity contribution in [2.75, 3.05) is 5.32 Å². The zero-order valence-electron chi connectivity index (χ0n) is 11.9. The summed E-state index contributed by atoms with van der Waals surface area (Å²) in [4.78, 5) is 4.37. The number of nitrogens with zero attached hydrogens (tertiary/aromatic N) is 1. The van der Waals surface area contributed by atoms with Gasteiger partial charge in [-0.05, 0) is 35.2 Å². The molecular formula is C16H18BrFN2. The summed E-state index contributed by atoms with van der Waals surface area (Å²) in [6.07, 6.45) is 1.86.